The number of anilines is 1. The molecule has 0 atom stereocenters. The fourth-order valence-electron chi connectivity index (χ4n) is 1.78. The summed E-state index contributed by atoms with van der Waals surface area (Å²) in [5.41, 5.74) is 0.142. The van der Waals surface area contributed by atoms with Crippen molar-refractivity contribution in [3.8, 4) is 0 Å². The lowest BCUT2D eigenvalue weighted by Gasteiger charge is -2.09. The lowest BCUT2D eigenvalue weighted by atomic mass is 10.1. The van der Waals surface area contributed by atoms with Crippen LogP contribution in [0.25, 0.3) is 0 Å². The fourth-order valence-corrected chi connectivity index (χ4v) is 2.42. The van der Waals surface area contributed by atoms with E-state index in [0.717, 1.165) is 25.2 Å². The second-order valence-corrected chi connectivity index (χ2v) is 7.19. The normalized spacial score (nSPS) is 11.6. The average molecular weight is 300 g/mol. The molecule has 1 N–H and O–H groups in total. The summed E-state index contributed by atoms with van der Waals surface area (Å²) in [7, 11) is -3.44. The number of sulfone groups is 1. The first-order valence-corrected chi connectivity index (χ1v) is 8.33. The SMILES string of the molecule is CC(C)CCCNc1ccc(S(C)(=O)=O)cc1[N+](=O)[O-]. The molecule has 1 aromatic rings. The number of nitro groups is 1. The molecule has 0 saturated carbocycles. The van der Waals surface area contributed by atoms with Crippen LogP contribution < -0.4 is 5.32 Å². The van der Waals surface area contributed by atoms with Crippen molar-refractivity contribution < 1.29 is 13.3 Å². The quantitative estimate of drug-likeness (QED) is 0.475. The summed E-state index contributed by atoms with van der Waals surface area (Å²) >= 11 is 0. The second-order valence-electron chi connectivity index (χ2n) is 5.17. The van der Waals surface area contributed by atoms with Gasteiger partial charge in [0, 0.05) is 18.9 Å². The first-order valence-electron chi connectivity index (χ1n) is 6.44. The van der Waals surface area contributed by atoms with Gasteiger partial charge in [-0.25, -0.2) is 8.42 Å². The molecule has 0 aliphatic rings. The van der Waals surface area contributed by atoms with E-state index in [9.17, 15) is 18.5 Å². The minimum Gasteiger partial charge on any atom is -0.379 e. The van der Waals surface area contributed by atoms with E-state index in [2.05, 4.69) is 19.2 Å². The van der Waals surface area contributed by atoms with Crippen molar-refractivity contribution in [1.29, 1.82) is 0 Å². The third kappa shape index (κ3) is 4.80. The molecule has 0 saturated heterocycles. The van der Waals surface area contributed by atoms with E-state index in [1.54, 1.807) is 0 Å². The zero-order valence-corrected chi connectivity index (χ0v) is 12.7. The topological polar surface area (TPSA) is 89.3 Å². The van der Waals surface area contributed by atoms with Crippen LogP contribution in [-0.2, 0) is 9.84 Å². The van der Waals surface area contributed by atoms with Crippen molar-refractivity contribution in [3.05, 3.63) is 28.3 Å². The van der Waals surface area contributed by atoms with Crippen LogP contribution in [0.1, 0.15) is 26.7 Å². The molecular weight excluding hydrogens is 280 g/mol. The number of benzene rings is 1. The summed E-state index contributed by atoms with van der Waals surface area (Å²) in [6, 6.07) is 3.93. The predicted octanol–water partition coefficient (Wildman–Crippen LogP) is 2.85. The molecule has 0 aliphatic carbocycles. The third-order valence-corrected chi connectivity index (χ3v) is 3.98. The Labute approximate surface area is 119 Å². The van der Waals surface area contributed by atoms with Gasteiger partial charge in [-0.1, -0.05) is 13.8 Å². The van der Waals surface area contributed by atoms with E-state index in [0.29, 0.717) is 18.2 Å². The van der Waals surface area contributed by atoms with Crippen LogP contribution in [0.5, 0.6) is 0 Å². The van der Waals surface area contributed by atoms with Gasteiger partial charge in [0.15, 0.2) is 9.84 Å². The van der Waals surface area contributed by atoms with Crippen molar-refractivity contribution in [2.24, 2.45) is 5.92 Å². The Morgan fingerprint density at radius 3 is 2.50 bits per heavy atom. The Kier molecular flexibility index (Phi) is 5.50. The predicted molar refractivity (Wildman–Crippen MR) is 78.8 cm³/mol. The van der Waals surface area contributed by atoms with Gasteiger partial charge in [-0.3, -0.25) is 10.1 Å². The molecular formula is C13H20N2O4S. The van der Waals surface area contributed by atoms with Crippen LogP contribution >= 0.6 is 0 Å². The van der Waals surface area contributed by atoms with Gasteiger partial charge >= 0.3 is 0 Å². The zero-order valence-electron chi connectivity index (χ0n) is 11.9. The van der Waals surface area contributed by atoms with Crippen LogP contribution in [-0.4, -0.2) is 26.1 Å². The largest absolute Gasteiger partial charge is 0.379 e. The van der Waals surface area contributed by atoms with E-state index < -0.39 is 14.8 Å². The fraction of sp³-hybridized carbons (Fsp3) is 0.538. The summed E-state index contributed by atoms with van der Waals surface area (Å²) in [5.74, 6) is 0.583. The summed E-state index contributed by atoms with van der Waals surface area (Å²) in [6.45, 7) is 4.85. The highest BCUT2D eigenvalue weighted by molar-refractivity contribution is 7.90. The molecule has 0 bridgehead atoms. The highest BCUT2D eigenvalue weighted by Gasteiger charge is 2.18. The molecule has 0 aromatic heterocycles. The molecule has 0 unspecified atom stereocenters. The molecule has 1 aromatic carbocycles. The number of rotatable bonds is 7. The first-order chi connectivity index (χ1) is 9.21. The van der Waals surface area contributed by atoms with Crippen LogP contribution in [0.15, 0.2) is 23.1 Å². The van der Waals surface area contributed by atoms with Gasteiger partial charge in [-0.2, -0.15) is 0 Å². The van der Waals surface area contributed by atoms with Crippen LogP contribution in [0.4, 0.5) is 11.4 Å². The smallest absolute Gasteiger partial charge is 0.293 e. The van der Waals surface area contributed by atoms with Crippen molar-refractivity contribution in [2.75, 3.05) is 18.1 Å². The summed E-state index contributed by atoms with van der Waals surface area (Å²) in [4.78, 5) is 10.4. The van der Waals surface area contributed by atoms with Crippen molar-refractivity contribution >= 4 is 21.2 Å². The highest BCUT2D eigenvalue weighted by atomic mass is 32.2. The Hall–Kier alpha value is -1.63. The van der Waals surface area contributed by atoms with Gasteiger partial charge in [0.05, 0.1) is 9.82 Å². The molecule has 6 nitrogen and oxygen atoms in total. The molecule has 0 aliphatic heterocycles. The van der Waals surface area contributed by atoms with E-state index >= 15 is 0 Å². The molecule has 0 spiro atoms. The number of nitro benzene ring substituents is 1. The van der Waals surface area contributed by atoms with E-state index in [1.165, 1.54) is 12.1 Å². The van der Waals surface area contributed by atoms with Gasteiger partial charge in [0.2, 0.25) is 0 Å². The monoisotopic (exact) mass is 300 g/mol. The van der Waals surface area contributed by atoms with Crippen LogP contribution in [0.3, 0.4) is 0 Å². The van der Waals surface area contributed by atoms with Gasteiger partial charge < -0.3 is 5.32 Å². The average Bonchev–Trinajstić information content (AvgIpc) is 2.33. The molecule has 1 rings (SSSR count). The van der Waals surface area contributed by atoms with Gasteiger partial charge in [0.1, 0.15) is 5.69 Å². The molecule has 0 heterocycles. The molecule has 0 fully saturated rings. The second kappa shape index (κ2) is 6.69. The minimum absolute atomic E-state index is 0.0445. The van der Waals surface area contributed by atoms with E-state index in [1.807, 2.05) is 0 Å². The first kappa shape index (κ1) is 16.4. The standard InChI is InChI=1S/C13H20N2O4S/c1-10(2)5-4-8-14-12-7-6-11(20(3,18)19)9-13(12)15(16)17/h6-7,9-10,14H,4-5,8H2,1-3H3. The number of hydrogen-bond acceptors (Lipinski definition) is 5. The maximum Gasteiger partial charge on any atom is 0.293 e. The zero-order chi connectivity index (χ0) is 15.3. The van der Waals surface area contributed by atoms with Gasteiger partial charge in [-0.15, -0.1) is 0 Å². The molecule has 0 radical (unpaired) electrons. The third-order valence-electron chi connectivity index (χ3n) is 2.87. The number of nitrogens with one attached hydrogen (secondary N) is 1. The van der Waals surface area contributed by atoms with Crippen LogP contribution in [0, 0.1) is 16.0 Å². The van der Waals surface area contributed by atoms with Crippen molar-refractivity contribution in [1.82, 2.24) is 0 Å². The Bertz CT molecular complexity index is 582. The lowest BCUT2D eigenvalue weighted by molar-refractivity contribution is -0.384. The van der Waals surface area contributed by atoms with Gasteiger partial charge in [-0.05, 0) is 30.9 Å². The molecule has 112 valence electrons. The maximum absolute atomic E-state index is 11.4. The molecule has 0 amide bonds. The molecule has 7 heteroatoms. The maximum atomic E-state index is 11.4. The molecule has 20 heavy (non-hydrogen) atoms. The van der Waals surface area contributed by atoms with E-state index in [-0.39, 0.29) is 10.6 Å². The minimum atomic E-state index is -3.44. The summed E-state index contributed by atoms with van der Waals surface area (Å²) in [6.07, 6.45) is 2.96. The van der Waals surface area contributed by atoms with Gasteiger partial charge in [0.25, 0.3) is 5.69 Å². The van der Waals surface area contributed by atoms with Crippen molar-refractivity contribution in [3.63, 3.8) is 0 Å². The van der Waals surface area contributed by atoms with Crippen molar-refractivity contribution in [2.45, 2.75) is 31.6 Å². The van der Waals surface area contributed by atoms with E-state index in [4.69, 9.17) is 0 Å². The summed E-state index contributed by atoms with van der Waals surface area (Å²) < 4.78 is 22.8. The Morgan fingerprint density at radius 1 is 1.35 bits per heavy atom. The Balaban J connectivity index is 2.89. The number of hydrogen-bond donors (Lipinski definition) is 1. The Morgan fingerprint density at radius 2 is 2.00 bits per heavy atom. The lowest BCUT2D eigenvalue weighted by Crippen LogP contribution is -2.06. The van der Waals surface area contributed by atoms with Crippen LogP contribution in [0.2, 0.25) is 0 Å². The number of nitrogens with zero attached hydrogens (tertiary/aromatic N) is 1. The summed E-state index contributed by atoms with van der Waals surface area (Å²) in [5, 5.41) is 14.0. The highest BCUT2D eigenvalue weighted by Crippen LogP contribution is 2.27.